The van der Waals surface area contributed by atoms with E-state index in [-0.39, 0.29) is 18.3 Å². The fraction of sp³-hybridized carbons (Fsp3) is 0.211. The number of hydrogen-bond acceptors (Lipinski definition) is 8. The number of aromatic nitrogens is 3. The van der Waals surface area contributed by atoms with Gasteiger partial charge in [0.25, 0.3) is 0 Å². The highest BCUT2D eigenvalue weighted by Crippen LogP contribution is 2.29. The number of rotatable bonds is 9. The van der Waals surface area contributed by atoms with Crippen LogP contribution in [0.4, 0.5) is 5.69 Å². The molecular weight excluding hydrogens is 430 g/mol. The van der Waals surface area contributed by atoms with Gasteiger partial charge in [0.05, 0.1) is 25.7 Å². The lowest BCUT2D eigenvalue weighted by molar-refractivity contribution is -0.113. The third kappa shape index (κ3) is 5.49. The molecule has 0 fully saturated rings. The van der Waals surface area contributed by atoms with Crippen LogP contribution in [0.3, 0.4) is 0 Å². The van der Waals surface area contributed by atoms with Gasteiger partial charge in [-0.15, -0.1) is 10.2 Å². The Morgan fingerprint density at radius 3 is 2.57 bits per heavy atom. The molecule has 9 nitrogen and oxygen atoms in total. The lowest BCUT2D eigenvalue weighted by Crippen LogP contribution is -2.18. The average Bonchev–Trinajstić information content (AvgIpc) is 3.11. The molecule has 30 heavy (non-hydrogen) atoms. The van der Waals surface area contributed by atoms with Crippen molar-refractivity contribution in [1.82, 2.24) is 14.9 Å². The number of hydrogen-bond donors (Lipinski definition) is 2. The molecule has 1 aromatic heterocycles. The largest absolute Gasteiger partial charge is 0.497 e. The molecular formula is C19H20ClN5O4S. The Hall–Kier alpha value is -3.11. The topological polar surface area (TPSA) is 114 Å². The molecule has 0 aliphatic rings. The fourth-order valence-corrected chi connectivity index (χ4v) is 3.21. The predicted octanol–water partition coefficient (Wildman–Crippen LogP) is 2.97. The highest BCUT2D eigenvalue weighted by Gasteiger charge is 2.14. The number of anilines is 1. The number of halogens is 1. The second kappa shape index (κ2) is 10.1. The van der Waals surface area contributed by atoms with Crippen molar-refractivity contribution in [3.63, 3.8) is 0 Å². The maximum atomic E-state index is 12.3. The molecule has 3 rings (SSSR count). The van der Waals surface area contributed by atoms with Gasteiger partial charge >= 0.3 is 0 Å². The summed E-state index contributed by atoms with van der Waals surface area (Å²) in [6.07, 6.45) is 0. The molecule has 0 saturated heterocycles. The van der Waals surface area contributed by atoms with E-state index in [0.717, 1.165) is 11.8 Å². The summed E-state index contributed by atoms with van der Waals surface area (Å²) in [5, 5.41) is 11.8. The maximum absolute atomic E-state index is 12.3. The van der Waals surface area contributed by atoms with Crippen LogP contribution in [0.1, 0.15) is 5.82 Å². The highest BCUT2D eigenvalue weighted by molar-refractivity contribution is 7.99. The number of carbonyl (C=O) groups is 1. The molecule has 1 amide bonds. The van der Waals surface area contributed by atoms with E-state index in [4.69, 9.17) is 31.7 Å². The Balaban J connectivity index is 1.56. The zero-order chi connectivity index (χ0) is 21.5. The van der Waals surface area contributed by atoms with Crippen molar-refractivity contribution in [3.8, 4) is 17.2 Å². The molecule has 0 saturated carbocycles. The Labute approximate surface area is 182 Å². The summed E-state index contributed by atoms with van der Waals surface area (Å²) >= 11 is 7.00. The van der Waals surface area contributed by atoms with Crippen LogP contribution in [-0.4, -0.2) is 40.8 Å². The van der Waals surface area contributed by atoms with Crippen LogP contribution < -0.4 is 25.4 Å². The fourth-order valence-electron chi connectivity index (χ4n) is 2.41. The normalized spacial score (nSPS) is 10.5. The van der Waals surface area contributed by atoms with Gasteiger partial charge in [0.1, 0.15) is 23.9 Å². The Bertz CT molecular complexity index is 1010. The monoisotopic (exact) mass is 449 g/mol. The first-order valence-electron chi connectivity index (χ1n) is 8.72. The lowest BCUT2D eigenvalue weighted by Gasteiger charge is -2.11. The molecule has 0 radical (unpaired) electrons. The van der Waals surface area contributed by atoms with Crippen LogP contribution in [0.25, 0.3) is 0 Å². The van der Waals surface area contributed by atoms with Crippen LogP contribution in [0.15, 0.2) is 47.6 Å². The van der Waals surface area contributed by atoms with Crippen LogP contribution in [0, 0.1) is 0 Å². The van der Waals surface area contributed by atoms with Gasteiger partial charge in [0.2, 0.25) is 11.1 Å². The number of benzene rings is 2. The Morgan fingerprint density at radius 1 is 1.13 bits per heavy atom. The van der Waals surface area contributed by atoms with Gasteiger partial charge in [0, 0.05) is 11.1 Å². The minimum Gasteiger partial charge on any atom is -0.497 e. The van der Waals surface area contributed by atoms with Gasteiger partial charge < -0.3 is 25.4 Å². The van der Waals surface area contributed by atoms with E-state index < -0.39 is 0 Å². The second-order valence-electron chi connectivity index (χ2n) is 5.91. The zero-order valence-corrected chi connectivity index (χ0v) is 17.9. The van der Waals surface area contributed by atoms with E-state index in [1.54, 1.807) is 49.6 Å². The Morgan fingerprint density at radius 2 is 1.87 bits per heavy atom. The summed E-state index contributed by atoms with van der Waals surface area (Å²) in [5.41, 5.74) is 0.508. The molecule has 0 spiro atoms. The molecule has 158 valence electrons. The van der Waals surface area contributed by atoms with E-state index in [1.807, 2.05) is 0 Å². The number of nitrogens with one attached hydrogen (secondary N) is 1. The van der Waals surface area contributed by atoms with Gasteiger partial charge in [0.15, 0.2) is 5.82 Å². The number of amides is 1. The van der Waals surface area contributed by atoms with E-state index >= 15 is 0 Å². The van der Waals surface area contributed by atoms with Gasteiger partial charge in [-0.2, -0.15) is 0 Å². The van der Waals surface area contributed by atoms with E-state index in [9.17, 15) is 4.79 Å². The molecule has 1 heterocycles. The minimum atomic E-state index is -0.256. The lowest BCUT2D eigenvalue weighted by atomic mass is 10.2. The average molecular weight is 450 g/mol. The minimum absolute atomic E-state index is 0.0771. The van der Waals surface area contributed by atoms with Gasteiger partial charge in [-0.05, 0) is 36.4 Å². The number of ether oxygens (including phenoxy) is 3. The number of thioether (sulfide) groups is 1. The van der Waals surface area contributed by atoms with Crippen LogP contribution in [0.2, 0.25) is 5.02 Å². The van der Waals surface area contributed by atoms with Crippen molar-refractivity contribution in [3.05, 3.63) is 53.3 Å². The second-order valence-corrected chi connectivity index (χ2v) is 7.29. The van der Waals surface area contributed by atoms with Gasteiger partial charge in [-0.3, -0.25) is 4.79 Å². The van der Waals surface area contributed by atoms with Gasteiger partial charge in [-0.25, -0.2) is 4.68 Å². The summed E-state index contributed by atoms with van der Waals surface area (Å²) in [4.78, 5) is 12.3. The molecule has 0 unspecified atom stereocenters. The van der Waals surface area contributed by atoms with E-state index in [2.05, 4.69) is 15.5 Å². The molecule has 3 N–H and O–H groups in total. The third-order valence-corrected chi connectivity index (χ3v) is 5.12. The Kier molecular flexibility index (Phi) is 7.26. The van der Waals surface area contributed by atoms with Crippen molar-refractivity contribution in [2.24, 2.45) is 0 Å². The van der Waals surface area contributed by atoms with Gasteiger partial charge in [-0.1, -0.05) is 23.4 Å². The molecule has 3 aromatic rings. The zero-order valence-electron chi connectivity index (χ0n) is 16.3. The van der Waals surface area contributed by atoms with Crippen LogP contribution in [0.5, 0.6) is 17.2 Å². The smallest absolute Gasteiger partial charge is 0.234 e. The van der Waals surface area contributed by atoms with E-state index in [1.165, 1.54) is 11.8 Å². The number of nitrogens with zero attached hydrogens (tertiary/aromatic N) is 3. The first-order valence-corrected chi connectivity index (χ1v) is 10.1. The molecule has 0 aliphatic carbocycles. The van der Waals surface area contributed by atoms with Crippen molar-refractivity contribution < 1.29 is 19.0 Å². The molecule has 0 atom stereocenters. The van der Waals surface area contributed by atoms with Crippen molar-refractivity contribution in [2.45, 2.75) is 11.8 Å². The van der Waals surface area contributed by atoms with Crippen LogP contribution in [-0.2, 0) is 11.4 Å². The number of carbonyl (C=O) groups excluding carboxylic acids is 1. The number of nitrogens with two attached hydrogens (primary N) is 1. The third-order valence-electron chi connectivity index (χ3n) is 3.93. The first-order chi connectivity index (χ1) is 14.5. The molecule has 0 bridgehead atoms. The maximum Gasteiger partial charge on any atom is 0.234 e. The van der Waals surface area contributed by atoms with E-state index in [0.29, 0.717) is 38.9 Å². The molecule has 11 heteroatoms. The summed E-state index contributed by atoms with van der Waals surface area (Å²) in [5.74, 6) is 8.01. The SMILES string of the molecule is COc1ccc(OC)c(NC(=O)CSc2nnc(COc3ccc(Cl)cc3)n2N)c1. The summed E-state index contributed by atoms with van der Waals surface area (Å²) in [6, 6.07) is 12.1. The number of nitrogen functional groups attached to an aromatic ring is 1. The first kappa shape index (κ1) is 21.6. The summed E-state index contributed by atoms with van der Waals surface area (Å²) < 4.78 is 17.3. The van der Waals surface area contributed by atoms with Crippen molar-refractivity contribution >= 4 is 35.0 Å². The van der Waals surface area contributed by atoms with Crippen LogP contribution >= 0.6 is 23.4 Å². The highest BCUT2D eigenvalue weighted by atomic mass is 35.5. The molecule has 0 aliphatic heterocycles. The summed E-state index contributed by atoms with van der Waals surface area (Å²) in [7, 11) is 3.07. The van der Waals surface area contributed by atoms with Crippen molar-refractivity contribution in [1.29, 1.82) is 0 Å². The molecule has 2 aromatic carbocycles. The standard InChI is InChI=1S/C19H20ClN5O4S/c1-27-14-7-8-16(28-2)15(9-14)22-18(26)11-30-19-24-23-17(25(19)21)10-29-13-5-3-12(20)4-6-13/h3-9H,10-11,21H2,1-2H3,(H,22,26). The quantitative estimate of drug-likeness (QED) is 0.378. The summed E-state index contributed by atoms with van der Waals surface area (Å²) in [6.45, 7) is 0.124. The van der Waals surface area contributed by atoms with Crippen molar-refractivity contribution in [2.75, 3.05) is 31.1 Å². The number of methoxy groups -OCH3 is 2. The predicted molar refractivity (Wildman–Crippen MR) is 115 cm³/mol.